The molecule has 2 aliphatic carbocycles. The fourth-order valence-electron chi connectivity index (χ4n) is 3.43. The molecule has 1 spiro atoms. The Morgan fingerprint density at radius 1 is 1.11 bits per heavy atom. The van der Waals surface area contributed by atoms with Crippen molar-refractivity contribution in [3.63, 3.8) is 0 Å². The highest BCUT2D eigenvalue weighted by atomic mass is 19.1. The molecule has 1 aromatic carbocycles. The Balaban J connectivity index is 1.71. The summed E-state index contributed by atoms with van der Waals surface area (Å²) in [5, 5.41) is 10.1. The van der Waals surface area contributed by atoms with Crippen LogP contribution in [-0.2, 0) is 0 Å². The van der Waals surface area contributed by atoms with Crippen molar-refractivity contribution < 1.29 is 14.2 Å². The van der Waals surface area contributed by atoms with E-state index in [9.17, 15) is 9.50 Å². The molecule has 2 saturated carbocycles. The molecule has 2 aliphatic rings. The van der Waals surface area contributed by atoms with Gasteiger partial charge in [-0.1, -0.05) is 19.3 Å². The molecular formula is C15H19FO2. The zero-order chi connectivity index (χ0) is 12.6. The SMILES string of the molecule is OC1CC(Oc2ccc(F)cc2)C12CCCCC2. The maximum atomic E-state index is 12.8. The van der Waals surface area contributed by atoms with E-state index >= 15 is 0 Å². The summed E-state index contributed by atoms with van der Waals surface area (Å²) < 4.78 is 18.8. The molecule has 2 nitrogen and oxygen atoms in total. The number of aliphatic hydroxyl groups excluding tert-OH is 1. The van der Waals surface area contributed by atoms with Gasteiger partial charge in [0.2, 0.25) is 0 Å². The van der Waals surface area contributed by atoms with E-state index in [1.807, 2.05) is 0 Å². The molecule has 18 heavy (non-hydrogen) atoms. The van der Waals surface area contributed by atoms with Crippen LogP contribution in [0.2, 0.25) is 0 Å². The lowest BCUT2D eigenvalue weighted by Crippen LogP contribution is -2.60. The predicted molar refractivity (Wildman–Crippen MR) is 67.0 cm³/mol. The normalized spacial score (nSPS) is 29.9. The zero-order valence-electron chi connectivity index (χ0n) is 10.4. The van der Waals surface area contributed by atoms with E-state index in [2.05, 4.69) is 0 Å². The Kier molecular flexibility index (Phi) is 3.02. The highest BCUT2D eigenvalue weighted by molar-refractivity contribution is 5.23. The molecule has 0 aromatic heterocycles. The fourth-order valence-corrected chi connectivity index (χ4v) is 3.43. The lowest BCUT2D eigenvalue weighted by molar-refractivity contribution is -0.172. The van der Waals surface area contributed by atoms with Crippen LogP contribution in [0, 0.1) is 11.2 Å². The Morgan fingerprint density at radius 3 is 2.39 bits per heavy atom. The number of ether oxygens (including phenoxy) is 1. The number of hydrogen-bond donors (Lipinski definition) is 1. The summed E-state index contributed by atoms with van der Waals surface area (Å²) in [5.74, 6) is 0.460. The molecular weight excluding hydrogens is 231 g/mol. The molecule has 0 amide bonds. The number of benzene rings is 1. The van der Waals surface area contributed by atoms with E-state index in [4.69, 9.17) is 4.74 Å². The maximum absolute atomic E-state index is 12.8. The van der Waals surface area contributed by atoms with E-state index in [1.54, 1.807) is 12.1 Å². The Morgan fingerprint density at radius 2 is 1.78 bits per heavy atom. The number of rotatable bonds is 2. The summed E-state index contributed by atoms with van der Waals surface area (Å²) in [6, 6.07) is 6.16. The van der Waals surface area contributed by atoms with Crippen molar-refractivity contribution in [1.82, 2.24) is 0 Å². The Hall–Kier alpha value is -1.09. The lowest BCUT2D eigenvalue weighted by atomic mass is 9.56. The minimum Gasteiger partial charge on any atom is -0.490 e. The summed E-state index contributed by atoms with van der Waals surface area (Å²) in [4.78, 5) is 0. The quantitative estimate of drug-likeness (QED) is 0.872. The second-order valence-electron chi connectivity index (χ2n) is 5.61. The molecule has 2 unspecified atom stereocenters. The summed E-state index contributed by atoms with van der Waals surface area (Å²) in [7, 11) is 0. The maximum Gasteiger partial charge on any atom is 0.123 e. The van der Waals surface area contributed by atoms with Crippen molar-refractivity contribution in [2.75, 3.05) is 0 Å². The van der Waals surface area contributed by atoms with Gasteiger partial charge in [0, 0.05) is 11.8 Å². The van der Waals surface area contributed by atoms with Crippen molar-refractivity contribution in [2.24, 2.45) is 5.41 Å². The molecule has 98 valence electrons. The van der Waals surface area contributed by atoms with Crippen LogP contribution < -0.4 is 4.74 Å². The molecule has 0 saturated heterocycles. The highest BCUT2D eigenvalue weighted by Crippen LogP contribution is 2.53. The monoisotopic (exact) mass is 250 g/mol. The van der Waals surface area contributed by atoms with E-state index < -0.39 is 0 Å². The molecule has 0 bridgehead atoms. The predicted octanol–water partition coefficient (Wildman–Crippen LogP) is 3.29. The van der Waals surface area contributed by atoms with Gasteiger partial charge < -0.3 is 9.84 Å². The summed E-state index contributed by atoms with van der Waals surface area (Å²) in [6.45, 7) is 0. The van der Waals surface area contributed by atoms with Gasteiger partial charge in [-0.25, -0.2) is 4.39 Å². The van der Waals surface area contributed by atoms with Crippen molar-refractivity contribution in [3.05, 3.63) is 30.1 Å². The van der Waals surface area contributed by atoms with E-state index in [1.165, 1.54) is 31.4 Å². The molecule has 1 N–H and O–H groups in total. The lowest BCUT2D eigenvalue weighted by Gasteiger charge is -2.55. The largest absolute Gasteiger partial charge is 0.490 e. The molecule has 1 aromatic rings. The second kappa shape index (κ2) is 4.54. The molecule has 2 fully saturated rings. The van der Waals surface area contributed by atoms with Gasteiger partial charge in [0.05, 0.1) is 6.10 Å². The van der Waals surface area contributed by atoms with Gasteiger partial charge in [0.25, 0.3) is 0 Å². The van der Waals surface area contributed by atoms with Crippen LogP contribution in [0.15, 0.2) is 24.3 Å². The Bertz CT molecular complexity index is 409. The van der Waals surface area contributed by atoms with Gasteiger partial charge >= 0.3 is 0 Å². The average Bonchev–Trinajstić information content (AvgIpc) is 2.42. The first-order valence-electron chi connectivity index (χ1n) is 6.81. The van der Waals surface area contributed by atoms with Crippen molar-refractivity contribution in [1.29, 1.82) is 0 Å². The Labute approximate surface area is 107 Å². The molecule has 0 aliphatic heterocycles. The van der Waals surface area contributed by atoms with Gasteiger partial charge in [0.1, 0.15) is 17.7 Å². The highest BCUT2D eigenvalue weighted by Gasteiger charge is 2.56. The third-order valence-electron chi connectivity index (χ3n) is 4.62. The van der Waals surface area contributed by atoms with Gasteiger partial charge in [-0.15, -0.1) is 0 Å². The van der Waals surface area contributed by atoms with Crippen LogP contribution in [0.4, 0.5) is 4.39 Å². The van der Waals surface area contributed by atoms with Crippen LogP contribution in [0.25, 0.3) is 0 Å². The fraction of sp³-hybridized carbons (Fsp3) is 0.600. The molecule has 0 heterocycles. The first kappa shape index (κ1) is 12.0. The van der Waals surface area contributed by atoms with Crippen LogP contribution in [0.3, 0.4) is 0 Å². The molecule has 3 heteroatoms. The number of halogens is 1. The van der Waals surface area contributed by atoms with Crippen LogP contribution in [0.5, 0.6) is 5.75 Å². The van der Waals surface area contributed by atoms with Gasteiger partial charge in [-0.3, -0.25) is 0 Å². The number of hydrogen-bond acceptors (Lipinski definition) is 2. The van der Waals surface area contributed by atoms with Crippen molar-refractivity contribution in [2.45, 2.75) is 50.7 Å². The smallest absolute Gasteiger partial charge is 0.123 e. The van der Waals surface area contributed by atoms with Gasteiger partial charge in [-0.05, 0) is 37.1 Å². The van der Waals surface area contributed by atoms with E-state index in [-0.39, 0.29) is 23.4 Å². The average molecular weight is 250 g/mol. The summed E-state index contributed by atoms with van der Waals surface area (Å²) >= 11 is 0. The molecule has 2 atom stereocenters. The van der Waals surface area contributed by atoms with Crippen molar-refractivity contribution >= 4 is 0 Å². The summed E-state index contributed by atoms with van der Waals surface area (Å²) in [5.41, 5.74) is -0.0351. The van der Waals surface area contributed by atoms with Crippen LogP contribution in [0.1, 0.15) is 38.5 Å². The topological polar surface area (TPSA) is 29.5 Å². The minimum absolute atomic E-state index is 0.0351. The van der Waals surface area contributed by atoms with E-state index in [0.29, 0.717) is 12.2 Å². The first-order chi connectivity index (χ1) is 8.71. The van der Waals surface area contributed by atoms with Gasteiger partial charge in [-0.2, -0.15) is 0 Å². The molecule has 0 radical (unpaired) electrons. The first-order valence-corrected chi connectivity index (χ1v) is 6.81. The number of aliphatic hydroxyl groups is 1. The van der Waals surface area contributed by atoms with Gasteiger partial charge in [0.15, 0.2) is 0 Å². The zero-order valence-corrected chi connectivity index (χ0v) is 10.4. The van der Waals surface area contributed by atoms with Crippen molar-refractivity contribution in [3.8, 4) is 5.75 Å². The summed E-state index contributed by atoms with van der Waals surface area (Å²) in [6.07, 6.45) is 6.32. The van der Waals surface area contributed by atoms with Crippen LogP contribution >= 0.6 is 0 Å². The standard InChI is InChI=1S/C15H19FO2/c16-11-4-6-12(7-5-11)18-14-10-13(17)15(14)8-2-1-3-9-15/h4-7,13-14,17H,1-3,8-10H2. The van der Waals surface area contributed by atoms with Crippen LogP contribution in [-0.4, -0.2) is 17.3 Å². The molecule has 3 rings (SSSR count). The van der Waals surface area contributed by atoms with E-state index in [0.717, 1.165) is 12.8 Å². The minimum atomic E-state index is -0.247. The third kappa shape index (κ3) is 1.91. The second-order valence-corrected chi connectivity index (χ2v) is 5.61. The third-order valence-corrected chi connectivity index (χ3v) is 4.62.